The Morgan fingerprint density at radius 3 is 2.57 bits per heavy atom. The lowest BCUT2D eigenvalue weighted by molar-refractivity contribution is 0.203. The van der Waals surface area contributed by atoms with Crippen LogP contribution in [0.5, 0.6) is 11.5 Å². The summed E-state index contributed by atoms with van der Waals surface area (Å²) in [5.41, 5.74) is 1.23. The zero-order valence-corrected chi connectivity index (χ0v) is 14.6. The van der Waals surface area contributed by atoms with Gasteiger partial charge in [-0.2, -0.15) is 0 Å². The van der Waals surface area contributed by atoms with Crippen molar-refractivity contribution in [2.45, 2.75) is 19.8 Å². The summed E-state index contributed by atoms with van der Waals surface area (Å²) < 4.78 is 15.9. The Morgan fingerprint density at radius 2 is 1.91 bits per heavy atom. The molecule has 0 fully saturated rings. The number of aryl methyl sites for hydroxylation is 1. The molecule has 0 spiro atoms. The first-order valence-corrected chi connectivity index (χ1v) is 7.98. The van der Waals surface area contributed by atoms with Gasteiger partial charge in [0.15, 0.2) is 17.5 Å². The second kappa shape index (κ2) is 11.6. The zero-order chi connectivity index (χ0) is 16.9. The van der Waals surface area contributed by atoms with Gasteiger partial charge in [0.05, 0.1) is 20.3 Å². The largest absolute Gasteiger partial charge is 0.493 e. The number of hydrogen-bond acceptors (Lipinski definition) is 4. The van der Waals surface area contributed by atoms with Gasteiger partial charge in [-0.25, -0.2) is 0 Å². The van der Waals surface area contributed by atoms with E-state index >= 15 is 0 Å². The predicted molar refractivity (Wildman–Crippen MR) is 93.7 cm³/mol. The fraction of sp³-hybridized carbons (Fsp3) is 0.588. The number of methoxy groups -OCH3 is 2. The van der Waals surface area contributed by atoms with Gasteiger partial charge >= 0.3 is 0 Å². The van der Waals surface area contributed by atoms with Crippen molar-refractivity contribution in [2.24, 2.45) is 4.99 Å². The van der Waals surface area contributed by atoms with Gasteiger partial charge in [-0.3, -0.25) is 4.99 Å². The Bertz CT molecular complexity index is 478. The molecule has 6 heteroatoms. The molecule has 1 rings (SSSR count). The molecule has 0 aliphatic carbocycles. The highest BCUT2D eigenvalue weighted by atomic mass is 16.5. The van der Waals surface area contributed by atoms with Crippen LogP contribution in [0.25, 0.3) is 0 Å². The van der Waals surface area contributed by atoms with Gasteiger partial charge in [-0.15, -0.1) is 0 Å². The molecule has 23 heavy (non-hydrogen) atoms. The van der Waals surface area contributed by atoms with Crippen LogP contribution in [-0.2, 0) is 11.2 Å². The summed E-state index contributed by atoms with van der Waals surface area (Å²) >= 11 is 0. The molecule has 1 aromatic rings. The molecule has 2 N–H and O–H groups in total. The van der Waals surface area contributed by atoms with Crippen molar-refractivity contribution in [3.05, 3.63) is 23.8 Å². The van der Waals surface area contributed by atoms with Crippen molar-refractivity contribution in [2.75, 3.05) is 47.6 Å². The summed E-state index contributed by atoms with van der Waals surface area (Å²) in [6.07, 6.45) is 1.97. The van der Waals surface area contributed by atoms with Crippen LogP contribution >= 0.6 is 0 Å². The van der Waals surface area contributed by atoms with E-state index in [1.54, 1.807) is 21.3 Å². The van der Waals surface area contributed by atoms with Crippen LogP contribution in [0.4, 0.5) is 0 Å². The van der Waals surface area contributed by atoms with Crippen LogP contribution in [0.15, 0.2) is 23.2 Å². The number of aliphatic imine (C=N–C) groups is 1. The minimum absolute atomic E-state index is 0.630. The van der Waals surface area contributed by atoms with Crippen LogP contribution in [0.2, 0.25) is 0 Å². The number of hydrogen-bond donors (Lipinski definition) is 2. The topological polar surface area (TPSA) is 64.1 Å². The summed E-state index contributed by atoms with van der Waals surface area (Å²) in [5, 5.41) is 6.48. The Balaban J connectivity index is 2.39. The van der Waals surface area contributed by atoms with Crippen molar-refractivity contribution in [3.8, 4) is 11.5 Å². The van der Waals surface area contributed by atoms with E-state index in [0.29, 0.717) is 13.2 Å². The quantitative estimate of drug-likeness (QED) is 0.391. The van der Waals surface area contributed by atoms with E-state index in [4.69, 9.17) is 14.2 Å². The van der Waals surface area contributed by atoms with Gasteiger partial charge in [0.2, 0.25) is 0 Å². The number of ether oxygens (including phenoxy) is 3. The molecule has 0 heterocycles. The number of rotatable bonds is 10. The first-order valence-electron chi connectivity index (χ1n) is 7.98. The second-order valence-electron chi connectivity index (χ2n) is 4.94. The molecule has 0 saturated carbocycles. The van der Waals surface area contributed by atoms with Crippen LogP contribution in [0.3, 0.4) is 0 Å². The average molecular weight is 323 g/mol. The van der Waals surface area contributed by atoms with E-state index in [1.807, 2.05) is 19.1 Å². The van der Waals surface area contributed by atoms with Crippen molar-refractivity contribution in [1.29, 1.82) is 0 Å². The lowest BCUT2D eigenvalue weighted by Gasteiger charge is -2.13. The molecule has 0 aliphatic rings. The number of nitrogens with one attached hydrogen (secondary N) is 2. The molecule has 0 bridgehead atoms. The summed E-state index contributed by atoms with van der Waals surface area (Å²) in [4.78, 5) is 4.17. The molecular weight excluding hydrogens is 294 g/mol. The molecule has 0 aliphatic heterocycles. The molecule has 130 valence electrons. The van der Waals surface area contributed by atoms with Gasteiger partial charge in [-0.05, 0) is 37.5 Å². The van der Waals surface area contributed by atoms with E-state index in [1.165, 1.54) is 5.56 Å². The minimum atomic E-state index is 0.630. The van der Waals surface area contributed by atoms with E-state index in [2.05, 4.69) is 21.7 Å². The van der Waals surface area contributed by atoms with Gasteiger partial charge in [0.1, 0.15) is 0 Å². The molecule has 0 amide bonds. The fourth-order valence-corrected chi connectivity index (χ4v) is 2.14. The first-order chi connectivity index (χ1) is 11.2. The third-order valence-electron chi connectivity index (χ3n) is 3.28. The van der Waals surface area contributed by atoms with Crippen LogP contribution < -0.4 is 20.1 Å². The SMILES string of the molecule is CCOc1cc(CCCNC(=NC)NCCOC)ccc1OC. The highest BCUT2D eigenvalue weighted by molar-refractivity contribution is 5.79. The molecule has 0 unspecified atom stereocenters. The molecule has 0 aromatic heterocycles. The third-order valence-corrected chi connectivity index (χ3v) is 3.28. The summed E-state index contributed by atoms with van der Waals surface area (Å²) in [7, 11) is 5.10. The maximum Gasteiger partial charge on any atom is 0.191 e. The Kier molecular flexibility index (Phi) is 9.63. The molecule has 6 nitrogen and oxygen atoms in total. The molecular formula is C17H29N3O3. The van der Waals surface area contributed by atoms with Crippen LogP contribution in [0.1, 0.15) is 18.9 Å². The highest BCUT2D eigenvalue weighted by Crippen LogP contribution is 2.28. The van der Waals surface area contributed by atoms with Crippen molar-refractivity contribution >= 4 is 5.96 Å². The minimum Gasteiger partial charge on any atom is -0.493 e. The smallest absolute Gasteiger partial charge is 0.191 e. The average Bonchev–Trinajstić information content (AvgIpc) is 2.57. The summed E-state index contributed by atoms with van der Waals surface area (Å²) in [5.74, 6) is 2.38. The molecule has 0 radical (unpaired) electrons. The Hall–Kier alpha value is -1.95. The Labute approximate surface area is 139 Å². The van der Waals surface area contributed by atoms with Gasteiger partial charge in [-0.1, -0.05) is 6.07 Å². The van der Waals surface area contributed by atoms with E-state index in [-0.39, 0.29) is 0 Å². The maximum absolute atomic E-state index is 5.60. The van der Waals surface area contributed by atoms with E-state index in [0.717, 1.165) is 43.4 Å². The zero-order valence-electron chi connectivity index (χ0n) is 14.6. The van der Waals surface area contributed by atoms with Gasteiger partial charge in [0.25, 0.3) is 0 Å². The van der Waals surface area contributed by atoms with Gasteiger partial charge < -0.3 is 24.8 Å². The molecule has 0 saturated heterocycles. The lowest BCUT2D eigenvalue weighted by atomic mass is 10.1. The predicted octanol–water partition coefficient (Wildman–Crippen LogP) is 1.84. The lowest BCUT2D eigenvalue weighted by Crippen LogP contribution is -2.39. The summed E-state index contributed by atoms with van der Waals surface area (Å²) in [6, 6.07) is 6.08. The number of nitrogens with zero attached hydrogens (tertiary/aromatic N) is 1. The maximum atomic E-state index is 5.60. The monoisotopic (exact) mass is 323 g/mol. The van der Waals surface area contributed by atoms with Crippen molar-refractivity contribution in [1.82, 2.24) is 10.6 Å². The molecule has 0 atom stereocenters. The standard InChI is InChI=1S/C17H29N3O3/c1-5-23-16-13-14(8-9-15(16)22-4)7-6-10-19-17(18-2)20-11-12-21-3/h8-9,13H,5-7,10-12H2,1-4H3,(H2,18,19,20). The van der Waals surface area contributed by atoms with Crippen molar-refractivity contribution < 1.29 is 14.2 Å². The molecule has 1 aromatic carbocycles. The first kappa shape index (κ1) is 19.1. The van der Waals surface area contributed by atoms with Crippen molar-refractivity contribution in [3.63, 3.8) is 0 Å². The van der Waals surface area contributed by atoms with Crippen LogP contribution in [0, 0.1) is 0 Å². The fourth-order valence-electron chi connectivity index (χ4n) is 2.14. The Morgan fingerprint density at radius 1 is 1.13 bits per heavy atom. The number of guanidine groups is 1. The number of benzene rings is 1. The second-order valence-corrected chi connectivity index (χ2v) is 4.94. The van der Waals surface area contributed by atoms with Gasteiger partial charge in [0, 0.05) is 27.2 Å². The summed E-state index contributed by atoms with van der Waals surface area (Å²) in [6.45, 7) is 4.85. The highest BCUT2D eigenvalue weighted by Gasteiger charge is 2.05. The van der Waals surface area contributed by atoms with Crippen LogP contribution in [-0.4, -0.2) is 53.5 Å². The third kappa shape index (κ3) is 7.23. The van der Waals surface area contributed by atoms with E-state index < -0.39 is 0 Å². The van der Waals surface area contributed by atoms with E-state index in [9.17, 15) is 0 Å². The normalized spacial score (nSPS) is 11.2.